The van der Waals surface area contributed by atoms with Gasteiger partial charge in [0.05, 0.1) is 18.2 Å². The normalized spacial score (nSPS) is 9.71. The molecular formula is C15H14N4O2. The molecule has 1 amide bonds. The Balaban J connectivity index is 2.38. The molecule has 0 fully saturated rings. The minimum absolute atomic E-state index is 0.265. The average molecular weight is 282 g/mol. The lowest BCUT2D eigenvalue weighted by atomic mass is 10.1. The highest BCUT2D eigenvalue weighted by molar-refractivity contribution is 6.09. The fraction of sp³-hybridized carbons (Fsp3) is 0.0667. The standard InChI is InChI=1S/C15H14N4O2/c1-21-13-4-2-3-9(8-16)14(13)19-15(20)11-6-5-10(17)7-12(11)18/h2-7H,17-18H2,1H3,(H,19,20). The maximum atomic E-state index is 12.3. The molecule has 2 aromatic rings. The van der Waals surface area contributed by atoms with E-state index in [1.54, 1.807) is 24.3 Å². The Labute approximate surface area is 121 Å². The van der Waals surface area contributed by atoms with Crippen LogP contribution in [0.4, 0.5) is 17.1 Å². The Morgan fingerprint density at radius 1 is 1.29 bits per heavy atom. The first kappa shape index (κ1) is 14.2. The number of nitrogens with zero attached hydrogens (tertiary/aromatic N) is 1. The van der Waals surface area contributed by atoms with E-state index in [1.165, 1.54) is 19.2 Å². The lowest BCUT2D eigenvalue weighted by Gasteiger charge is -2.12. The topological polar surface area (TPSA) is 114 Å². The molecule has 106 valence electrons. The van der Waals surface area contributed by atoms with Crippen molar-refractivity contribution in [3.63, 3.8) is 0 Å². The zero-order valence-electron chi connectivity index (χ0n) is 11.4. The number of para-hydroxylation sites is 1. The fourth-order valence-corrected chi connectivity index (χ4v) is 1.89. The van der Waals surface area contributed by atoms with Crippen LogP contribution in [-0.4, -0.2) is 13.0 Å². The first-order chi connectivity index (χ1) is 10.1. The van der Waals surface area contributed by atoms with Crippen molar-refractivity contribution in [2.45, 2.75) is 0 Å². The Kier molecular flexibility index (Phi) is 3.95. The largest absolute Gasteiger partial charge is 0.495 e. The van der Waals surface area contributed by atoms with E-state index in [9.17, 15) is 4.79 Å². The van der Waals surface area contributed by atoms with Crippen LogP contribution in [0.5, 0.6) is 5.75 Å². The molecule has 0 bridgehead atoms. The van der Waals surface area contributed by atoms with Crippen molar-refractivity contribution in [2.75, 3.05) is 23.9 Å². The highest BCUT2D eigenvalue weighted by Gasteiger charge is 2.15. The molecule has 0 spiro atoms. The van der Waals surface area contributed by atoms with Gasteiger partial charge in [0, 0.05) is 11.4 Å². The smallest absolute Gasteiger partial charge is 0.257 e. The molecule has 5 N–H and O–H groups in total. The summed E-state index contributed by atoms with van der Waals surface area (Å²) in [5.41, 5.74) is 13.0. The van der Waals surface area contributed by atoms with Gasteiger partial charge < -0.3 is 21.5 Å². The minimum atomic E-state index is -0.437. The number of nitrogens with one attached hydrogen (secondary N) is 1. The minimum Gasteiger partial charge on any atom is -0.495 e. The molecule has 0 atom stereocenters. The van der Waals surface area contributed by atoms with Crippen molar-refractivity contribution in [2.24, 2.45) is 0 Å². The number of anilines is 3. The lowest BCUT2D eigenvalue weighted by molar-refractivity contribution is 0.102. The number of hydrogen-bond acceptors (Lipinski definition) is 5. The Morgan fingerprint density at radius 2 is 2.05 bits per heavy atom. The molecule has 2 aromatic carbocycles. The van der Waals surface area contributed by atoms with E-state index in [4.69, 9.17) is 21.5 Å². The van der Waals surface area contributed by atoms with Crippen LogP contribution < -0.4 is 21.5 Å². The van der Waals surface area contributed by atoms with Crippen LogP contribution in [-0.2, 0) is 0 Å². The molecular weight excluding hydrogens is 268 g/mol. The van der Waals surface area contributed by atoms with Crippen molar-refractivity contribution >= 4 is 23.0 Å². The number of methoxy groups -OCH3 is 1. The second-order valence-corrected chi connectivity index (χ2v) is 4.30. The summed E-state index contributed by atoms with van der Waals surface area (Å²) in [5.74, 6) is -0.0371. The number of ether oxygens (including phenoxy) is 1. The number of benzene rings is 2. The number of nitrogen functional groups attached to an aromatic ring is 2. The van der Waals surface area contributed by atoms with Crippen LogP contribution >= 0.6 is 0 Å². The van der Waals surface area contributed by atoms with Gasteiger partial charge in [0.15, 0.2) is 0 Å². The summed E-state index contributed by atoms with van der Waals surface area (Å²) in [6.07, 6.45) is 0. The second-order valence-electron chi connectivity index (χ2n) is 4.30. The molecule has 0 saturated heterocycles. The fourth-order valence-electron chi connectivity index (χ4n) is 1.89. The van der Waals surface area contributed by atoms with Gasteiger partial charge in [0.1, 0.15) is 17.5 Å². The molecule has 0 aliphatic heterocycles. The molecule has 21 heavy (non-hydrogen) atoms. The van der Waals surface area contributed by atoms with Crippen LogP contribution in [0.1, 0.15) is 15.9 Å². The number of rotatable bonds is 3. The molecule has 0 radical (unpaired) electrons. The monoisotopic (exact) mass is 282 g/mol. The van der Waals surface area contributed by atoms with E-state index in [0.717, 1.165) is 0 Å². The zero-order chi connectivity index (χ0) is 15.4. The molecule has 6 heteroatoms. The highest BCUT2D eigenvalue weighted by Crippen LogP contribution is 2.29. The SMILES string of the molecule is COc1cccc(C#N)c1NC(=O)c1ccc(N)cc1N. The Bertz CT molecular complexity index is 735. The first-order valence-corrected chi connectivity index (χ1v) is 6.10. The Morgan fingerprint density at radius 3 is 2.67 bits per heavy atom. The third-order valence-corrected chi connectivity index (χ3v) is 2.93. The lowest BCUT2D eigenvalue weighted by Crippen LogP contribution is -2.15. The summed E-state index contributed by atoms with van der Waals surface area (Å²) in [5, 5.41) is 11.8. The molecule has 0 saturated carbocycles. The average Bonchev–Trinajstić information content (AvgIpc) is 2.47. The maximum absolute atomic E-state index is 12.3. The molecule has 6 nitrogen and oxygen atoms in total. The number of amides is 1. The molecule has 0 aliphatic rings. The molecule has 0 aliphatic carbocycles. The molecule has 0 unspecified atom stereocenters. The second kappa shape index (κ2) is 5.84. The van der Waals surface area contributed by atoms with Crippen molar-refractivity contribution < 1.29 is 9.53 Å². The van der Waals surface area contributed by atoms with Gasteiger partial charge in [-0.1, -0.05) is 6.07 Å². The van der Waals surface area contributed by atoms with Crippen molar-refractivity contribution in [1.29, 1.82) is 5.26 Å². The quantitative estimate of drug-likeness (QED) is 0.745. The number of nitrogens with two attached hydrogens (primary N) is 2. The van der Waals surface area contributed by atoms with E-state index >= 15 is 0 Å². The number of carbonyl (C=O) groups excluding carboxylic acids is 1. The van der Waals surface area contributed by atoms with E-state index in [1.807, 2.05) is 6.07 Å². The van der Waals surface area contributed by atoms with Gasteiger partial charge >= 0.3 is 0 Å². The molecule has 0 heterocycles. The molecule has 2 rings (SSSR count). The van der Waals surface area contributed by atoms with Crippen LogP contribution in [0.3, 0.4) is 0 Å². The van der Waals surface area contributed by atoms with E-state index in [-0.39, 0.29) is 11.3 Å². The first-order valence-electron chi connectivity index (χ1n) is 6.10. The van der Waals surface area contributed by atoms with E-state index in [2.05, 4.69) is 5.32 Å². The van der Waals surface area contributed by atoms with Gasteiger partial charge in [-0.2, -0.15) is 5.26 Å². The van der Waals surface area contributed by atoms with Crippen molar-refractivity contribution in [3.8, 4) is 11.8 Å². The van der Waals surface area contributed by atoms with Crippen LogP contribution in [0.15, 0.2) is 36.4 Å². The predicted octanol–water partition coefficient (Wildman–Crippen LogP) is 1.98. The number of carbonyl (C=O) groups is 1. The van der Waals surface area contributed by atoms with Gasteiger partial charge in [-0.15, -0.1) is 0 Å². The van der Waals surface area contributed by atoms with E-state index < -0.39 is 5.91 Å². The third-order valence-electron chi connectivity index (χ3n) is 2.93. The predicted molar refractivity (Wildman–Crippen MR) is 80.9 cm³/mol. The summed E-state index contributed by atoms with van der Waals surface area (Å²) in [6.45, 7) is 0. The Hall–Kier alpha value is -3.20. The zero-order valence-corrected chi connectivity index (χ0v) is 11.4. The summed E-state index contributed by atoms with van der Waals surface area (Å²) < 4.78 is 5.16. The van der Waals surface area contributed by atoms with Gasteiger partial charge in [-0.05, 0) is 30.3 Å². The van der Waals surface area contributed by atoms with Crippen LogP contribution in [0, 0.1) is 11.3 Å². The van der Waals surface area contributed by atoms with Crippen LogP contribution in [0.25, 0.3) is 0 Å². The summed E-state index contributed by atoms with van der Waals surface area (Å²) in [4.78, 5) is 12.3. The van der Waals surface area contributed by atoms with Gasteiger partial charge in [0.25, 0.3) is 5.91 Å². The van der Waals surface area contributed by atoms with Gasteiger partial charge in [-0.3, -0.25) is 4.79 Å². The third kappa shape index (κ3) is 2.87. The highest BCUT2D eigenvalue weighted by atomic mass is 16.5. The summed E-state index contributed by atoms with van der Waals surface area (Å²) in [7, 11) is 1.46. The number of nitriles is 1. The van der Waals surface area contributed by atoms with E-state index in [0.29, 0.717) is 22.7 Å². The maximum Gasteiger partial charge on any atom is 0.257 e. The van der Waals surface area contributed by atoms with Gasteiger partial charge in [-0.25, -0.2) is 0 Å². The van der Waals surface area contributed by atoms with Crippen LogP contribution in [0.2, 0.25) is 0 Å². The van der Waals surface area contributed by atoms with Crippen molar-refractivity contribution in [3.05, 3.63) is 47.5 Å². The van der Waals surface area contributed by atoms with Crippen molar-refractivity contribution in [1.82, 2.24) is 0 Å². The molecule has 0 aromatic heterocycles. The summed E-state index contributed by atoms with van der Waals surface area (Å²) >= 11 is 0. The number of hydrogen-bond donors (Lipinski definition) is 3. The summed E-state index contributed by atoms with van der Waals surface area (Å²) in [6, 6.07) is 11.5. The van der Waals surface area contributed by atoms with Gasteiger partial charge in [0.2, 0.25) is 0 Å².